The van der Waals surface area contributed by atoms with E-state index in [2.05, 4.69) is 48.9 Å². The van der Waals surface area contributed by atoms with E-state index in [0.717, 1.165) is 29.7 Å². The minimum Gasteiger partial charge on any atom is -0.481 e. The SMILES string of the molecule is CC(C)C[C@@H](CCC(=O)O)CC(=O)c1ccc2c(c1)nc(Cc1cccs1)n2[C@@H]1CCCC[C@H]1C. The lowest BCUT2D eigenvalue weighted by molar-refractivity contribution is -0.137. The summed E-state index contributed by atoms with van der Waals surface area (Å²) in [5.74, 6) is 1.50. The molecule has 0 bridgehead atoms. The van der Waals surface area contributed by atoms with Gasteiger partial charge in [-0.15, -0.1) is 11.3 Å². The normalized spacial score (nSPS) is 19.3. The van der Waals surface area contributed by atoms with Gasteiger partial charge in [0.1, 0.15) is 5.82 Å². The Balaban J connectivity index is 1.63. The van der Waals surface area contributed by atoms with Crippen molar-refractivity contribution in [3.63, 3.8) is 0 Å². The third-order valence-corrected chi connectivity index (χ3v) is 8.32. The summed E-state index contributed by atoms with van der Waals surface area (Å²) < 4.78 is 2.46. The van der Waals surface area contributed by atoms with E-state index in [0.29, 0.717) is 36.3 Å². The first-order valence-electron chi connectivity index (χ1n) is 13.1. The number of carboxylic acid groups (broad SMARTS) is 1. The van der Waals surface area contributed by atoms with Crippen LogP contribution in [0.4, 0.5) is 0 Å². The molecule has 188 valence electrons. The summed E-state index contributed by atoms with van der Waals surface area (Å²) in [5.41, 5.74) is 2.70. The maximum Gasteiger partial charge on any atom is 0.303 e. The van der Waals surface area contributed by atoms with E-state index < -0.39 is 5.97 Å². The number of rotatable bonds is 11. The number of imidazole rings is 1. The van der Waals surface area contributed by atoms with Crippen LogP contribution in [-0.2, 0) is 11.2 Å². The van der Waals surface area contributed by atoms with Crippen LogP contribution in [0.25, 0.3) is 11.0 Å². The number of carboxylic acids is 1. The largest absolute Gasteiger partial charge is 0.481 e. The highest BCUT2D eigenvalue weighted by Gasteiger charge is 2.27. The molecule has 0 unspecified atom stereocenters. The number of ketones is 1. The van der Waals surface area contributed by atoms with Crippen LogP contribution in [0.2, 0.25) is 0 Å². The molecule has 0 saturated heterocycles. The molecule has 6 heteroatoms. The predicted octanol–water partition coefficient (Wildman–Crippen LogP) is 7.54. The van der Waals surface area contributed by atoms with Crippen molar-refractivity contribution in [3.8, 4) is 0 Å². The molecule has 0 amide bonds. The number of nitrogens with zero attached hydrogens (tertiary/aromatic N) is 2. The van der Waals surface area contributed by atoms with Crippen LogP contribution in [0.15, 0.2) is 35.7 Å². The van der Waals surface area contributed by atoms with Crippen LogP contribution in [-0.4, -0.2) is 26.4 Å². The molecular formula is C29H38N2O3S. The molecular weight excluding hydrogens is 456 g/mol. The number of hydrogen-bond donors (Lipinski definition) is 1. The number of thiophene rings is 1. The van der Waals surface area contributed by atoms with E-state index in [4.69, 9.17) is 10.1 Å². The Hall–Kier alpha value is -2.47. The number of Topliss-reactive ketones (excluding diaryl/α,β-unsaturated/α-hetero) is 1. The monoisotopic (exact) mass is 494 g/mol. The van der Waals surface area contributed by atoms with Gasteiger partial charge in [0.2, 0.25) is 0 Å². The van der Waals surface area contributed by atoms with E-state index in [9.17, 15) is 9.59 Å². The summed E-state index contributed by atoms with van der Waals surface area (Å²) in [5, 5.41) is 11.2. The van der Waals surface area contributed by atoms with Gasteiger partial charge >= 0.3 is 5.97 Å². The second-order valence-corrected chi connectivity index (χ2v) is 11.8. The fourth-order valence-electron chi connectivity index (χ4n) is 5.74. The second kappa shape index (κ2) is 11.5. The number of aromatic nitrogens is 2. The second-order valence-electron chi connectivity index (χ2n) is 10.7. The molecule has 1 aliphatic carbocycles. The zero-order valence-electron chi connectivity index (χ0n) is 21.2. The molecule has 2 aromatic heterocycles. The van der Waals surface area contributed by atoms with Crippen LogP contribution < -0.4 is 0 Å². The lowest BCUT2D eigenvalue weighted by atomic mass is 9.85. The lowest BCUT2D eigenvalue weighted by Gasteiger charge is -2.31. The predicted molar refractivity (Wildman–Crippen MR) is 142 cm³/mol. The van der Waals surface area contributed by atoms with Crippen LogP contribution in [0.3, 0.4) is 0 Å². The minimum absolute atomic E-state index is 0.0864. The average Bonchev–Trinajstić information content (AvgIpc) is 3.44. The van der Waals surface area contributed by atoms with Crippen molar-refractivity contribution in [1.29, 1.82) is 0 Å². The van der Waals surface area contributed by atoms with E-state index in [1.54, 1.807) is 11.3 Å². The molecule has 1 saturated carbocycles. The fraction of sp³-hybridized carbons (Fsp3) is 0.552. The Bertz CT molecular complexity index is 1150. The van der Waals surface area contributed by atoms with Crippen LogP contribution in [0.1, 0.15) is 99.2 Å². The van der Waals surface area contributed by atoms with Crippen molar-refractivity contribution in [2.75, 3.05) is 0 Å². The Morgan fingerprint density at radius 3 is 2.69 bits per heavy atom. The van der Waals surface area contributed by atoms with E-state index in [-0.39, 0.29) is 18.1 Å². The minimum atomic E-state index is -0.798. The molecule has 4 rings (SSSR count). The molecule has 2 heterocycles. The van der Waals surface area contributed by atoms with Gasteiger partial charge in [-0.3, -0.25) is 9.59 Å². The van der Waals surface area contributed by atoms with Crippen molar-refractivity contribution in [2.45, 2.75) is 84.6 Å². The van der Waals surface area contributed by atoms with Gasteiger partial charge < -0.3 is 9.67 Å². The molecule has 3 aromatic rings. The highest BCUT2D eigenvalue weighted by Crippen LogP contribution is 2.37. The zero-order valence-corrected chi connectivity index (χ0v) is 22.0. The summed E-state index contributed by atoms with van der Waals surface area (Å²) in [6.45, 7) is 6.60. The Labute approximate surface area is 212 Å². The molecule has 1 fully saturated rings. The van der Waals surface area contributed by atoms with Crippen LogP contribution in [0.5, 0.6) is 0 Å². The first kappa shape index (κ1) is 25.6. The highest BCUT2D eigenvalue weighted by molar-refractivity contribution is 7.09. The molecule has 35 heavy (non-hydrogen) atoms. The summed E-state index contributed by atoms with van der Waals surface area (Å²) in [7, 11) is 0. The number of carbonyl (C=O) groups excluding carboxylic acids is 1. The first-order valence-corrected chi connectivity index (χ1v) is 14.0. The standard InChI is InChI=1S/C29H38N2O3S/c1-19(2)15-21(10-13-29(33)34)16-27(32)22-11-12-26-24(17-22)30-28(18-23-8-6-14-35-23)31(26)25-9-5-4-7-20(25)3/h6,8,11-12,14,17,19-21,25H,4-5,7,9-10,13,15-16,18H2,1-3H3,(H,33,34)/t20-,21-,25-/m1/s1. The maximum atomic E-state index is 13.2. The van der Waals surface area contributed by atoms with Gasteiger partial charge in [-0.05, 0) is 73.1 Å². The third kappa shape index (κ3) is 6.40. The Kier molecular flexibility index (Phi) is 8.42. The summed E-state index contributed by atoms with van der Waals surface area (Å²) in [4.78, 5) is 30.7. The molecule has 0 aliphatic heterocycles. The molecule has 0 spiro atoms. The van der Waals surface area contributed by atoms with Crippen molar-refractivity contribution in [3.05, 3.63) is 52.0 Å². The molecule has 1 N–H and O–H groups in total. The van der Waals surface area contributed by atoms with Gasteiger partial charge in [-0.2, -0.15) is 0 Å². The lowest BCUT2D eigenvalue weighted by Crippen LogP contribution is -2.22. The number of aliphatic carboxylic acids is 1. The number of fused-ring (bicyclic) bond motifs is 1. The van der Waals surface area contributed by atoms with E-state index >= 15 is 0 Å². The van der Waals surface area contributed by atoms with Gasteiger partial charge in [0.25, 0.3) is 0 Å². The van der Waals surface area contributed by atoms with Crippen LogP contribution >= 0.6 is 11.3 Å². The first-order chi connectivity index (χ1) is 16.8. The summed E-state index contributed by atoms with van der Waals surface area (Å²) in [6.07, 6.45) is 7.67. The van der Waals surface area contributed by atoms with E-state index in [1.165, 1.54) is 30.6 Å². The Morgan fingerprint density at radius 1 is 1.20 bits per heavy atom. The molecule has 3 atom stereocenters. The third-order valence-electron chi connectivity index (χ3n) is 7.44. The van der Waals surface area contributed by atoms with Gasteiger partial charge in [0.15, 0.2) is 5.78 Å². The smallest absolute Gasteiger partial charge is 0.303 e. The highest BCUT2D eigenvalue weighted by atomic mass is 32.1. The van der Waals surface area contributed by atoms with Gasteiger partial charge in [0.05, 0.1) is 11.0 Å². The number of hydrogen-bond acceptors (Lipinski definition) is 4. The number of carbonyl (C=O) groups is 2. The van der Waals surface area contributed by atoms with Crippen LogP contribution in [0, 0.1) is 17.8 Å². The number of benzene rings is 1. The zero-order chi connectivity index (χ0) is 24.9. The quantitative estimate of drug-likeness (QED) is 0.279. The fourth-order valence-corrected chi connectivity index (χ4v) is 6.45. The molecule has 0 radical (unpaired) electrons. The van der Waals surface area contributed by atoms with E-state index in [1.807, 2.05) is 12.1 Å². The van der Waals surface area contributed by atoms with Gasteiger partial charge in [-0.25, -0.2) is 4.98 Å². The van der Waals surface area contributed by atoms with Gasteiger partial charge in [0, 0.05) is 35.7 Å². The summed E-state index contributed by atoms with van der Waals surface area (Å²) in [6, 6.07) is 10.7. The summed E-state index contributed by atoms with van der Waals surface area (Å²) >= 11 is 1.76. The van der Waals surface area contributed by atoms with Crippen molar-refractivity contribution < 1.29 is 14.7 Å². The Morgan fingerprint density at radius 2 is 2.00 bits per heavy atom. The van der Waals surface area contributed by atoms with Crippen molar-refractivity contribution in [2.24, 2.45) is 17.8 Å². The van der Waals surface area contributed by atoms with Crippen molar-refractivity contribution in [1.82, 2.24) is 9.55 Å². The topological polar surface area (TPSA) is 72.2 Å². The molecule has 1 aliphatic rings. The van der Waals surface area contributed by atoms with Gasteiger partial charge in [-0.1, -0.05) is 39.7 Å². The maximum absolute atomic E-state index is 13.2. The average molecular weight is 495 g/mol. The molecule has 1 aromatic carbocycles. The molecule has 5 nitrogen and oxygen atoms in total. The van der Waals surface area contributed by atoms with Crippen molar-refractivity contribution >= 4 is 34.1 Å².